The van der Waals surface area contributed by atoms with E-state index < -0.39 is 23.3 Å². The first-order valence-corrected chi connectivity index (χ1v) is 6.23. The van der Waals surface area contributed by atoms with Crippen LogP contribution < -0.4 is 11.1 Å². The fourth-order valence-corrected chi connectivity index (χ4v) is 2.09. The summed E-state index contributed by atoms with van der Waals surface area (Å²) in [7, 11) is 0. The monoisotopic (exact) mass is 342 g/mol. The summed E-state index contributed by atoms with van der Waals surface area (Å²) in [5, 5.41) is 11.9. The second-order valence-electron chi connectivity index (χ2n) is 3.94. The van der Waals surface area contributed by atoms with Crippen LogP contribution >= 0.6 is 15.9 Å². The van der Waals surface area contributed by atoms with Crippen LogP contribution in [0.3, 0.4) is 0 Å². The summed E-state index contributed by atoms with van der Waals surface area (Å²) in [4.78, 5) is 12.0. The van der Waals surface area contributed by atoms with Gasteiger partial charge in [0, 0.05) is 10.5 Å². The van der Waals surface area contributed by atoms with Crippen molar-refractivity contribution in [1.82, 2.24) is 0 Å². The number of benzene rings is 2. The zero-order chi connectivity index (χ0) is 14.9. The number of carbonyl (C=O) groups excluding carboxylic acids is 1. The highest BCUT2D eigenvalue weighted by molar-refractivity contribution is 9.10. The molecule has 0 aromatic heterocycles. The van der Waals surface area contributed by atoms with Crippen LogP contribution in [0.4, 0.5) is 20.2 Å². The Morgan fingerprint density at radius 2 is 2.00 bits per heavy atom. The predicted octanol–water partition coefficient (Wildman–Crippen LogP) is 3.27. The quantitative estimate of drug-likeness (QED) is 0.579. The number of anilines is 2. The Morgan fingerprint density at radius 3 is 2.65 bits per heavy atom. The van der Waals surface area contributed by atoms with Crippen LogP contribution in [0.25, 0.3) is 0 Å². The average molecular weight is 343 g/mol. The van der Waals surface area contributed by atoms with E-state index in [2.05, 4.69) is 21.2 Å². The Balaban J connectivity index is 2.36. The lowest BCUT2D eigenvalue weighted by molar-refractivity contribution is 0.102. The van der Waals surface area contributed by atoms with Gasteiger partial charge in [-0.2, -0.15) is 0 Å². The number of para-hydroxylation sites is 1. The molecule has 0 aliphatic carbocycles. The van der Waals surface area contributed by atoms with Gasteiger partial charge >= 0.3 is 0 Å². The van der Waals surface area contributed by atoms with Gasteiger partial charge in [0.15, 0.2) is 11.6 Å². The molecule has 0 fully saturated rings. The van der Waals surface area contributed by atoms with Gasteiger partial charge in [0.1, 0.15) is 5.82 Å². The molecular weight excluding hydrogens is 334 g/mol. The van der Waals surface area contributed by atoms with Crippen LogP contribution in [0.5, 0.6) is 5.75 Å². The van der Waals surface area contributed by atoms with Crippen molar-refractivity contribution < 1.29 is 18.7 Å². The van der Waals surface area contributed by atoms with Crippen LogP contribution in [0.2, 0.25) is 0 Å². The lowest BCUT2D eigenvalue weighted by atomic mass is 10.1. The first-order valence-electron chi connectivity index (χ1n) is 5.43. The maximum Gasteiger partial charge on any atom is 0.259 e. The van der Waals surface area contributed by atoms with Crippen LogP contribution in [0.15, 0.2) is 34.8 Å². The van der Waals surface area contributed by atoms with Gasteiger partial charge in [-0.25, -0.2) is 8.78 Å². The SMILES string of the molecule is Nc1cccc(C(=O)Nc2c(F)cc(F)cc2Br)c1O. The van der Waals surface area contributed by atoms with Gasteiger partial charge in [-0.3, -0.25) is 4.79 Å². The van der Waals surface area contributed by atoms with E-state index in [-0.39, 0.29) is 21.4 Å². The Kier molecular flexibility index (Phi) is 3.89. The van der Waals surface area contributed by atoms with Gasteiger partial charge < -0.3 is 16.2 Å². The molecule has 104 valence electrons. The zero-order valence-electron chi connectivity index (χ0n) is 9.95. The Bertz CT molecular complexity index is 669. The topological polar surface area (TPSA) is 75.4 Å². The number of phenols is 1. The molecule has 0 aliphatic rings. The number of aromatic hydroxyl groups is 1. The van der Waals surface area contributed by atoms with Gasteiger partial charge in [-0.05, 0) is 34.1 Å². The van der Waals surface area contributed by atoms with Gasteiger partial charge in [-0.15, -0.1) is 0 Å². The number of amides is 1. The van der Waals surface area contributed by atoms with Crippen LogP contribution in [-0.2, 0) is 0 Å². The highest BCUT2D eigenvalue weighted by atomic mass is 79.9. The fourth-order valence-electron chi connectivity index (χ4n) is 1.59. The Hall–Kier alpha value is -2.15. The third-order valence-electron chi connectivity index (χ3n) is 2.56. The molecule has 7 heteroatoms. The summed E-state index contributed by atoms with van der Waals surface area (Å²) in [6.07, 6.45) is 0. The number of nitrogens with one attached hydrogen (secondary N) is 1. The largest absolute Gasteiger partial charge is 0.505 e. The maximum absolute atomic E-state index is 13.6. The van der Waals surface area contributed by atoms with Crippen molar-refractivity contribution in [2.45, 2.75) is 0 Å². The minimum absolute atomic E-state index is 0.0243. The van der Waals surface area contributed by atoms with Crippen molar-refractivity contribution in [2.75, 3.05) is 11.1 Å². The number of hydrogen-bond donors (Lipinski definition) is 3. The summed E-state index contributed by atoms with van der Waals surface area (Å²) >= 11 is 2.95. The smallest absolute Gasteiger partial charge is 0.259 e. The van der Waals surface area contributed by atoms with Crippen molar-refractivity contribution in [2.24, 2.45) is 0 Å². The Labute approximate surface area is 121 Å². The Morgan fingerprint density at radius 1 is 1.30 bits per heavy atom. The standard InChI is InChI=1S/C13H9BrF2N2O2/c14-8-4-6(15)5-9(16)11(8)18-13(20)7-2-1-3-10(17)12(7)19/h1-5,19H,17H2,(H,18,20). The first-order chi connectivity index (χ1) is 9.40. The molecule has 2 rings (SSSR count). The maximum atomic E-state index is 13.6. The van der Waals surface area contributed by atoms with Crippen LogP contribution in [0, 0.1) is 11.6 Å². The minimum Gasteiger partial charge on any atom is -0.505 e. The molecule has 0 unspecified atom stereocenters. The van der Waals surface area contributed by atoms with Crippen LogP contribution in [-0.4, -0.2) is 11.0 Å². The summed E-state index contributed by atoms with van der Waals surface area (Å²) in [5.74, 6) is -2.88. The number of rotatable bonds is 2. The first kappa shape index (κ1) is 14.3. The molecular formula is C13H9BrF2N2O2. The van der Waals surface area contributed by atoms with Crippen molar-refractivity contribution >= 4 is 33.2 Å². The predicted molar refractivity (Wildman–Crippen MR) is 74.5 cm³/mol. The number of halogens is 3. The van der Waals surface area contributed by atoms with Crippen molar-refractivity contribution in [1.29, 1.82) is 0 Å². The summed E-state index contributed by atoms with van der Waals surface area (Å²) in [6, 6.07) is 5.87. The normalized spacial score (nSPS) is 10.3. The van der Waals surface area contributed by atoms with E-state index in [9.17, 15) is 18.7 Å². The molecule has 4 N–H and O–H groups in total. The average Bonchev–Trinajstić information content (AvgIpc) is 2.36. The second kappa shape index (κ2) is 5.46. The number of carbonyl (C=O) groups is 1. The molecule has 0 atom stereocenters. The van der Waals surface area contributed by atoms with Crippen molar-refractivity contribution in [3.05, 3.63) is 52.0 Å². The molecule has 2 aromatic carbocycles. The van der Waals surface area contributed by atoms with E-state index in [0.29, 0.717) is 6.07 Å². The molecule has 0 heterocycles. The molecule has 2 aromatic rings. The fraction of sp³-hybridized carbons (Fsp3) is 0. The summed E-state index contributed by atoms with van der Waals surface area (Å²) in [5.41, 5.74) is 5.16. The second-order valence-corrected chi connectivity index (χ2v) is 4.80. The summed E-state index contributed by atoms with van der Waals surface area (Å²) < 4.78 is 26.6. The van der Waals surface area contributed by atoms with Gasteiger partial charge in [0.25, 0.3) is 5.91 Å². The molecule has 4 nitrogen and oxygen atoms in total. The van der Waals surface area contributed by atoms with Crippen LogP contribution in [0.1, 0.15) is 10.4 Å². The number of phenolic OH excluding ortho intramolecular Hbond substituents is 1. The molecule has 0 saturated carbocycles. The van der Waals surface area contributed by atoms with E-state index >= 15 is 0 Å². The highest BCUT2D eigenvalue weighted by Gasteiger charge is 2.17. The minimum atomic E-state index is -0.936. The zero-order valence-corrected chi connectivity index (χ0v) is 11.5. The summed E-state index contributed by atoms with van der Waals surface area (Å²) in [6.45, 7) is 0. The number of nitrogen functional groups attached to an aromatic ring is 1. The van der Waals surface area contributed by atoms with Gasteiger partial charge in [-0.1, -0.05) is 6.07 Å². The van der Waals surface area contributed by atoms with Crippen molar-refractivity contribution in [3.63, 3.8) is 0 Å². The van der Waals surface area contributed by atoms with Crippen molar-refractivity contribution in [3.8, 4) is 5.75 Å². The molecule has 0 aliphatic heterocycles. The van der Waals surface area contributed by atoms with E-state index in [1.165, 1.54) is 18.2 Å². The third kappa shape index (κ3) is 2.72. The highest BCUT2D eigenvalue weighted by Crippen LogP contribution is 2.29. The van der Waals surface area contributed by atoms with Gasteiger partial charge in [0.2, 0.25) is 0 Å². The number of nitrogens with two attached hydrogens (primary N) is 1. The molecule has 0 saturated heterocycles. The van der Waals surface area contributed by atoms with Gasteiger partial charge in [0.05, 0.1) is 16.9 Å². The van der Waals surface area contributed by atoms with E-state index in [4.69, 9.17) is 5.73 Å². The molecule has 0 bridgehead atoms. The van der Waals surface area contributed by atoms with E-state index in [0.717, 1.165) is 6.07 Å². The molecule has 20 heavy (non-hydrogen) atoms. The molecule has 0 spiro atoms. The number of hydrogen-bond acceptors (Lipinski definition) is 3. The van der Waals surface area contributed by atoms with E-state index in [1.807, 2.05) is 0 Å². The molecule has 0 radical (unpaired) electrons. The third-order valence-corrected chi connectivity index (χ3v) is 3.18. The lowest BCUT2D eigenvalue weighted by Crippen LogP contribution is -2.14. The molecule has 1 amide bonds. The lowest BCUT2D eigenvalue weighted by Gasteiger charge is -2.10. The van der Waals surface area contributed by atoms with E-state index in [1.54, 1.807) is 0 Å².